The SMILES string of the molecule is COc1cc(/C=C2\CCCc3c2nc2ccccc2c3C(=O)O)cc(OC)c1. The van der Waals surface area contributed by atoms with Crippen molar-refractivity contribution in [1.29, 1.82) is 0 Å². The van der Waals surface area contributed by atoms with Gasteiger partial charge in [-0.3, -0.25) is 0 Å². The number of nitrogens with zero attached hydrogens (tertiary/aromatic N) is 1. The summed E-state index contributed by atoms with van der Waals surface area (Å²) >= 11 is 0. The molecule has 0 fully saturated rings. The number of methoxy groups -OCH3 is 2. The van der Waals surface area contributed by atoms with Crippen LogP contribution in [-0.4, -0.2) is 30.3 Å². The van der Waals surface area contributed by atoms with E-state index in [0.717, 1.165) is 35.2 Å². The van der Waals surface area contributed by atoms with E-state index in [1.807, 2.05) is 42.5 Å². The minimum atomic E-state index is -0.904. The molecule has 0 saturated heterocycles. The zero-order valence-electron chi connectivity index (χ0n) is 15.9. The Hall–Kier alpha value is -3.34. The van der Waals surface area contributed by atoms with E-state index in [4.69, 9.17) is 14.5 Å². The number of carbonyl (C=O) groups is 1. The lowest BCUT2D eigenvalue weighted by molar-refractivity contribution is 0.0697. The minimum absolute atomic E-state index is 0.370. The van der Waals surface area contributed by atoms with E-state index >= 15 is 0 Å². The first kappa shape index (κ1) is 18.0. The maximum absolute atomic E-state index is 12.0. The second-order valence-electron chi connectivity index (χ2n) is 6.81. The van der Waals surface area contributed by atoms with E-state index in [2.05, 4.69) is 6.08 Å². The molecule has 5 heteroatoms. The number of rotatable bonds is 4. The Morgan fingerprint density at radius 2 is 1.79 bits per heavy atom. The van der Waals surface area contributed by atoms with Gasteiger partial charge < -0.3 is 14.6 Å². The van der Waals surface area contributed by atoms with Crippen LogP contribution in [0.3, 0.4) is 0 Å². The van der Waals surface area contributed by atoms with E-state index < -0.39 is 5.97 Å². The van der Waals surface area contributed by atoms with Gasteiger partial charge in [-0.2, -0.15) is 0 Å². The average Bonchev–Trinajstić information content (AvgIpc) is 2.71. The van der Waals surface area contributed by atoms with Crippen LogP contribution in [0.2, 0.25) is 0 Å². The first-order valence-electron chi connectivity index (χ1n) is 9.19. The first-order chi connectivity index (χ1) is 13.6. The highest BCUT2D eigenvalue weighted by Crippen LogP contribution is 2.36. The van der Waals surface area contributed by atoms with Gasteiger partial charge in [-0.15, -0.1) is 0 Å². The topological polar surface area (TPSA) is 68.7 Å². The molecule has 4 rings (SSSR count). The molecular formula is C23H21NO4. The predicted molar refractivity (Wildman–Crippen MR) is 109 cm³/mol. The number of ether oxygens (including phenoxy) is 2. The summed E-state index contributed by atoms with van der Waals surface area (Å²) in [7, 11) is 3.24. The summed E-state index contributed by atoms with van der Waals surface area (Å²) in [5, 5.41) is 10.6. The summed E-state index contributed by atoms with van der Waals surface area (Å²) in [6, 6.07) is 13.1. The van der Waals surface area contributed by atoms with Crippen molar-refractivity contribution in [3.8, 4) is 11.5 Å². The van der Waals surface area contributed by atoms with Crippen LogP contribution in [0, 0.1) is 0 Å². The molecule has 3 aromatic rings. The maximum atomic E-state index is 12.0. The Kier molecular flexibility index (Phi) is 4.74. The van der Waals surface area contributed by atoms with Crippen LogP contribution in [0.15, 0.2) is 42.5 Å². The van der Waals surface area contributed by atoms with Gasteiger partial charge in [0.1, 0.15) is 11.5 Å². The second kappa shape index (κ2) is 7.35. The molecule has 0 aliphatic heterocycles. The zero-order chi connectivity index (χ0) is 19.7. The van der Waals surface area contributed by atoms with Crippen molar-refractivity contribution in [2.45, 2.75) is 19.3 Å². The predicted octanol–water partition coefficient (Wildman–Crippen LogP) is 4.83. The summed E-state index contributed by atoms with van der Waals surface area (Å²) in [6.07, 6.45) is 4.50. The second-order valence-corrected chi connectivity index (χ2v) is 6.81. The fraction of sp³-hybridized carbons (Fsp3) is 0.217. The van der Waals surface area contributed by atoms with Crippen LogP contribution in [0.4, 0.5) is 0 Å². The van der Waals surface area contributed by atoms with Gasteiger partial charge in [-0.25, -0.2) is 9.78 Å². The van der Waals surface area contributed by atoms with E-state index in [0.29, 0.717) is 34.4 Å². The number of hydrogen-bond acceptors (Lipinski definition) is 4. The Morgan fingerprint density at radius 3 is 2.46 bits per heavy atom. The molecule has 0 bridgehead atoms. The van der Waals surface area contributed by atoms with Crippen LogP contribution >= 0.6 is 0 Å². The number of aromatic carboxylic acids is 1. The fourth-order valence-electron chi connectivity index (χ4n) is 3.83. The van der Waals surface area contributed by atoms with Crippen molar-refractivity contribution >= 4 is 28.5 Å². The number of benzene rings is 2. The summed E-state index contributed by atoms with van der Waals surface area (Å²) < 4.78 is 10.7. The van der Waals surface area contributed by atoms with E-state index in [-0.39, 0.29) is 0 Å². The van der Waals surface area contributed by atoms with Crippen LogP contribution < -0.4 is 9.47 Å². The average molecular weight is 375 g/mol. The van der Waals surface area contributed by atoms with Crippen LogP contribution in [0.5, 0.6) is 11.5 Å². The lowest BCUT2D eigenvalue weighted by Gasteiger charge is -2.21. The van der Waals surface area contributed by atoms with Gasteiger partial charge in [0.05, 0.1) is 31.0 Å². The Bertz CT molecular complexity index is 1080. The summed E-state index contributed by atoms with van der Waals surface area (Å²) in [4.78, 5) is 16.9. The van der Waals surface area contributed by atoms with E-state index in [1.54, 1.807) is 14.2 Å². The van der Waals surface area contributed by atoms with Gasteiger partial charge in [-0.1, -0.05) is 18.2 Å². The molecule has 0 spiro atoms. The smallest absolute Gasteiger partial charge is 0.336 e. The van der Waals surface area contributed by atoms with Crippen LogP contribution in [-0.2, 0) is 6.42 Å². The third kappa shape index (κ3) is 3.20. The maximum Gasteiger partial charge on any atom is 0.336 e. The molecule has 1 aliphatic rings. The summed E-state index contributed by atoms with van der Waals surface area (Å²) in [5.74, 6) is 0.513. The molecule has 1 aliphatic carbocycles. The van der Waals surface area contributed by atoms with Crippen molar-refractivity contribution in [2.75, 3.05) is 14.2 Å². The molecule has 0 amide bonds. The molecule has 0 radical (unpaired) electrons. The highest BCUT2D eigenvalue weighted by atomic mass is 16.5. The monoisotopic (exact) mass is 375 g/mol. The molecule has 0 atom stereocenters. The lowest BCUT2D eigenvalue weighted by Crippen LogP contribution is -2.13. The number of pyridine rings is 1. The molecule has 0 saturated carbocycles. The number of aromatic nitrogens is 1. The van der Waals surface area contributed by atoms with E-state index in [1.165, 1.54) is 0 Å². The minimum Gasteiger partial charge on any atom is -0.497 e. The van der Waals surface area contributed by atoms with Crippen molar-refractivity contribution in [1.82, 2.24) is 4.98 Å². The number of hydrogen-bond donors (Lipinski definition) is 1. The van der Waals surface area contributed by atoms with Crippen molar-refractivity contribution in [3.05, 3.63) is 64.8 Å². The standard InChI is InChI=1S/C23H21NO4/c1-27-16-11-14(12-17(13-16)28-2)10-15-6-5-8-19-21(23(25)26)18-7-3-4-9-20(18)24-22(15)19/h3-4,7,9-13H,5-6,8H2,1-2H3,(H,25,26)/b15-10+. The molecule has 28 heavy (non-hydrogen) atoms. The van der Waals surface area contributed by atoms with Gasteiger partial charge in [0.15, 0.2) is 0 Å². The molecule has 2 aromatic carbocycles. The van der Waals surface area contributed by atoms with Gasteiger partial charge in [0.25, 0.3) is 0 Å². The van der Waals surface area contributed by atoms with Crippen molar-refractivity contribution in [2.24, 2.45) is 0 Å². The molecule has 142 valence electrons. The number of carboxylic acids is 1. The normalized spacial score (nSPS) is 14.7. The largest absolute Gasteiger partial charge is 0.497 e. The fourth-order valence-corrected chi connectivity index (χ4v) is 3.83. The van der Waals surface area contributed by atoms with Gasteiger partial charge in [0, 0.05) is 11.5 Å². The van der Waals surface area contributed by atoms with Crippen LogP contribution in [0.1, 0.15) is 40.0 Å². The van der Waals surface area contributed by atoms with Gasteiger partial charge >= 0.3 is 5.97 Å². The Morgan fingerprint density at radius 1 is 1.07 bits per heavy atom. The summed E-state index contributed by atoms with van der Waals surface area (Å²) in [5.41, 5.74) is 4.64. The van der Waals surface area contributed by atoms with E-state index in [9.17, 15) is 9.90 Å². The number of para-hydroxylation sites is 1. The number of carboxylic acid groups (broad SMARTS) is 1. The van der Waals surface area contributed by atoms with Crippen molar-refractivity contribution in [3.63, 3.8) is 0 Å². The van der Waals surface area contributed by atoms with Crippen LogP contribution in [0.25, 0.3) is 22.6 Å². The zero-order valence-corrected chi connectivity index (χ0v) is 15.9. The molecule has 5 nitrogen and oxygen atoms in total. The highest BCUT2D eigenvalue weighted by molar-refractivity contribution is 6.05. The molecule has 1 aromatic heterocycles. The first-order valence-corrected chi connectivity index (χ1v) is 9.19. The lowest BCUT2D eigenvalue weighted by atomic mass is 9.86. The van der Waals surface area contributed by atoms with Gasteiger partial charge in [-0.05, 0) is 60.2 Å². The molecule has 1 N–H and O–H groups in total. The molecular weight excluding hydrogens is 354 g/mol. The molecule has 0 unspecified atom stereocenters. The third-order valence-electron chi connectivity index (χ3n) is 5.10. The Balaban J connectivity index is 1.92. The van der Waals surface area contributed by atoms with Gasteiger partial charge in [0.2, 0.25) is 0 Å². The Labute approximate surface area is 163 Å². The summed E-state index contributed by atoms with van der Waals surface area (Å²) in [6.45, 7) is 0. The highest BCUT2D eigenvalue weighted by Gasteiger charge is 2.24. The third-order valence-corrected chi connectivity index (χ3v) is 5.10. The molecule has 1 heterocycles. The quantitative estimate of drug-likeness (QED) is 0.707. The number of fused-ring (bicyclic) bond motifs is 2. The number of allylic oxidation sites excluding steroid dienone is 1. The van der Waals surface area contributed by atoms with Crippen molar-refractivity contribution < 1.29 is 19.4 Å².